The van der Waals surface area contributed by atoms with Crippen molar-refractivity contribution in [1.29, 1.82) is 0 Å². The number of benzene rings is 2. The number of halogens is 1. The van der Waals surface area contributed by atoms with Gasteiger partial charge in [0.05, 0.1) is 4.90 Å². The maximum absolute atomic E-state index is 12.9. The first-order valence-electron chi connectivity index (χ1n) is 9.10. The molecule has 1 saturated heterocycles. The molecule has 28 heavy (non-hydrogen) atoms. The zero-order valence-corrected chi connectivity index (χ0v) is 16.9. The van der Waals surface area contributed by atoms with Crippen molar-refractivity contribution in [2.45, 2.75) is 30.6 Å². The minimum atomic E-state index is -3.48. The molecule has 146 valence electrons. The van der Waals surface area contributed by atoms with Crippen molar-refractivity contribution in [1.82, 2.24) is 14.4 Å². The van der Waals surface area contributed by atoms with E-state index >= 15 is 0 Å². The second kappa shape index (κ2) is 7.66. The first kappa shape index (κ1) is 19.1. The Kier molecular flexibility index (Phi) is 5.23. The molecule has 0 N–H and O–H groups in total. The lowest BCUT2D eigenvalue weighted by Crippen LogP contribution is -2.38. The van der Waals surface area contributed by atoms with Crippen LogP contribution in [0.1, 0.15) is 30.1 Å². The van der Waals surface area contributed by atoms with Gasteiger partial charge in [0, 0.05) is 29.6 Å². The molecule has 3 aromatic rings. The number of aromatic nitrogens is 2. The van der Waals surface area contributed by atoms with E-state index in [1.807, 2.05) is 25.1 Å². The summed E-state index contributed by atoms with van der Waals surface area (Å²) in [6.07, 6.45) is 1.31. The molecule has 6 nitrogen and oxygen atoms in total. The number of hydrogen-bond donors (Lipinski definition) is 0. The molecule has 0 amide bonds. The third-order valence-corrected chi connectivity index (χ3v) is 7.13. The van der Waals surface area contributed by atoms with Crippen molar-refractivity contribution >= 4 is 21.6 Å². The monoisotopic (exact) mass is 417 g/mol. The van der Waals surface area contributed by atoms with Gasteiger partial charge in [0.15, 0.2) is 5.82 Å². The fraction of sp³-hybridized carbons (Fsp3) is 0.300. The molecule has 1 aliphatic heterocycles. The van der Waals surface area contributed by atoms with Crippen LogP contribution in [0.15, 0.2) is 57.9 Å². The van der Waals surface area contributed by atoms with Crippen molar-refractivity contribution in [2.24, 2.45) is 0 Å². The van der Waals surface area contributed by atoms with Crippen molar-refractivity contribution < 1.29 is 12.9 Å². The lowest BCUT2D eigenvalue weighted by atomic mass is 9.97. The highest BCUT2D eigenvalue weighted by Gasteiger charge is 2.31. The summed E-state index contributed by atoms with van der Waals surface area (Å²) >= 11 is 5.91. The third kappa shape index (κ3) is 3.83. The number of aryl methyl sites for hydroxylation is 1. The van der Waals surface area contributed by atoms with E-state index in [2.05, 4.69) is 10.1 Å². The van der Waals surface area contributed by atoms with Gasteiger partial charge in [0.1, 0.15) is 0 Å². The minimum absolute atomic E-state index is 0.0776. The van der Waals surface area contributed by atoms with Crippen LogP contribution in [0, 0.1) is 6.92 Å². The van der Waals surface area contributed by atoms with Crippen molar-refractivity contribution in [3.8, 4) is 11.5 Å². The summed E-state index contributed by atoms with van der Waals surface area (Å²) in [6, 6.07) is 14.2. The standard InChI is InChI=1S/C20H20ClN3O3S/c1-14-3-2-4-18(13-14)28(25,26)24-11-9-15(10-12-24)19-22-20(27-23-19)16-5-7-17(21)8-6-16/h2-8,13,15H,9-12H2,1H3. The molecule has 0 spiro atoms. The Hall–Kier alpha value is -2.22. The van der Waals surface area contributed by atoms with Crippen LogP contribution in [0.3, 0.4) is 0 Å². The van der Waals surface area contributed by atoms with Crippen LogP contribution in [0.2, 0.25) is 5.02 Å². The first-order valence-corrected chi connectivity index (χ1v) is 10.9. The van der Waals surface area contributed by atoms with Crippen molar-refractivity contribution in [3.63, 3.8) is 0 Å². The number of piperidine rings is 1. The van der Waals surface area contributed by atoms with E-state index in [1.54, 1.807) is 34.6 Å². The normalized spacial score (nSPS) is 16.4. The summed E-state index contributed by atoms with van der Waals surface area (Å²) < 4.78 is 32.7. The number of rotatable bonds is 4. The molecular weight excluding hydrogens is 398 g/mol. The Morgan fingerprint density at radius 3 is 2.50 bits per heavy atom. The molecular formula is C20H20ClN3O3S. The summed E-state index contributed by atoms with van der Waals surface area (Å²) in [5.74, 6) is 1.15. The van der Waals surface area contributed by atoms with E-state index in [4.69, 9.17) is 16.1 Å². The van der Waals surface area contributed by atoms with Crippen LogP contribution in [-0.4, -0.2) is 36.0 Å². The molecule has 2 aromatic carbocycles. The molecule has 0 aliphatic carbocycles. The molecule has 1 aromatic heterocycles. The summed E-state index contributed by atoms with van der Waals surface area (Å²) in [7, 11) is -3.48. The molecule has 1 aliphatic rings. The van der Waals surface area contributed by atoms with Crippen LogP contribution in [0.5, 0.6) is 0 Å². The fourth-order valence-corrected chi connectivity index (χ4v) is 5.09. The summed E-state index contributed by atoms with van der Waals surface area (Å²) in [4.78, 5) is 4.85. The van der Waals surface area contributed by atoms with Gasteiger partial charge in [-0.15, -0.1) is 0 Å². The summed E-state index contributed by atoms with van der Waals surface area (Å²) in [5, 5.41) is 4.75. The molecule has 0 unspecified atom stereocenters. The van der Waals surface area contributed by atoms with Gasteiger partial charge in [0.25, 0.3) is 5.89 Å². The lowest BCUT2D eigenvalue weighted by molar-refractivity contribution is 0.307. The van der Waals surface area contributed by atoms with Gasteiger partial charge in [-0.25, -0.2) is 8.42 Å². The topological polar surface area (TPSA) is 76.3 Å². The van der Waals surface area contributed by atoms with Crippen LogP contribution in [0.4, 0.5) is 0 Å². The minimum Gasteiger partial charge on any atom is -0.334 e. The molecule has 8 heteroatoms. The summed E-state index contributed by atoms with van der Waals surface area (Å²) in [5.41, 5.74) is 1.74. The predicted molar refractivity (Wildman–Crippen MR) is 107 cm³/mol. The lowest BCUT2D eigenvalue weighted by Gasteiger charge is -2.29. The van der Waals surface area contributed by atoms with Gasteiger partial charge < -0.3 is 4.52 Å². The maximum Gasteiger partial charge on any atom is 0.257 e. The van der Waals surface area contributed by atoms with Crippen molar-refractivity contribution in [3.05, 3.63) is 64.9 Å². The van der Waals surface area contributed by atoms with Gasteiger partial charge in [-0.05, 0) is 61.7 Å². The quantitative estimate of drug-likeness (QED) is 0.633. The third-order valence-electron chi connectivity index (χ3n) is 4.98. The zero-order chi connectivity index (χ0) is 19.7. The van der Waals surface area contributed by atoms with Gasteiger partial charge in [-0.2, -0.15) is 9.29 Å². The largest absolute Gasteiger partial charge is 0.334 e. The number of nitrogens with zero attached hydrogens (tertiary/aromatic N) is 3. The van der Waals surface area contributed by atoms with Gasteiger partial charge in [-0.3, -0.25) is 0 Å². The molecule has 4 rings (SSSR count). The number of hydrogen-bond acceptors (Lipinski definition) is 5. The average molecular weight is 418 g/mol. The molecule has 0 radical (unpaired) electrons. The highest BCUT2D eigenvalue weighted by Crippen LogP contribution is 2.31. The Morgan fingerprint density at radius 2 is 1.82 bits per heavy atom. The predicted octanol–water partition coefficient (Wildman–Crippen LogP) is 4.27. The molecule has 0 saturated carbocycles. The van der Waals surface area contributed by atoms with Gasteiger partial charge >= 0.3 is 0 Å². The Balaban J connectivity index is 1.45. The van der Waals surface area contributed by atoms with E-state index in [0.717, 1.165) is 11.1 Å². The van der Waals surface area contributed by atoms with Crippen LogP contribution in [-0.2, 0) is 10.0 Å². The molecule has 0 atom stereocenters. The Labute approximate surface area is 169 Å². The van der Waals surface area contributed by atoms with E-state index < -0.39 is 10.0 Å². The second-order valence-electron chi connectivity index (χ2n) is 6.96. The highest BCUT2D eigenvalue weighted by molar-refractivity contribution is 7.89. The van der Waals surface area contributed by atoms with Crippen LogP contribution >= 0.6 is 11.6 Å². The van der Waals surface area contributed by atoms with Gasteiger partial charge in [-0.1, -0.05) is 28.9 Å². The summed E-state index contributed by atoms with van der Waals surface area (Å²) in [6.45, 7) is 2.76. The molecule has 2 heterocycles. The SMILES string of the molecule is Cc1cccc(S(=O)(=O)N2CCC(c3noc(-c4ccc(Cl)cc4)n3)CC2)c1. The Morgan fingerprint density at radius 1 is 1.11 bits per heavy atom. The molecule has 1 fully saturated rings. The van der Waals surface area contributed by atoms with Crippen molar-refractivity contribution in [2.75, 3.05) is 13.1 Å². The second-order valence-corrected chi connectivity index (χ2v) is 9.33. The first-order chi connectivity index (χ1) is 13.4. The van der Waals surface area contributed by atoms with Crippen LogP contribution in [0.25, 0.3) is 11.5 Å². The van der Waals surface area contributed by atoms with E-state index in [0.29, 0.717) is 47.6 Å². The smallest absolute Gasteiger partial charge is 0.257 e. The maximum atomic E-state index is 12.9. The van der Waals surface area contributed by atoms with E-state index in [1.165, 1.54) is 0 Å². The average Bonchev–Trinajstić information content (AvgIpc) is 3.19. The van der Waals surface area contributed by atoms with E-state index in [-0.39, 0.29) is 5.92 Å². The highest BCUT2D eigenvalue weighted by atomic mass is 35.5. The number of sulfonamides is 1. The Bertz CT molecular complexity index is 1070. The zero-order valence-electron chi connectivity index (χ0n) is 15.4. The van der Waals surface area contributed by atoms with Crippen LogP contribution < -0.4 is 0 Å². The van der Waals surface area contributed by atoms with E-state index in [9.17, 15) is 8.42 Å². The molecule has 0 bridgehead atoms. The van der Waals surface area contributed by atoms with Gasteiger partial charge in [0.2, 0.25) is 10.0 Å². The fourth-order valence-electron chi connectivity index (χ4n) is 3.39.